The van der Waals surface area contributed by atoms with Gasteiger partial charge in [-0.15, -0.1) is 0 Å². The first-order valence-electron chi connectivity index (χ1n) is 7.69. The lowest BCUT2D eigenvalue weighted by Crippen LogP contribution is -2.25. The van der Waals surface area contributed by atoms with Gasteiger partial charge in [0.25, 0.3) is 6.92 Å². The summed E-state index contributed by atoms with van der Waals surface area (Å²) < 4.78 is 5.80. The Balaban J connectivity index is 2.04. The highest BCUT2D eigenvalue weighted by Gasteiger charge is 2.53. The van der Waals surface area contributed by atoms with Gasteiger partial charge in [-0.2, -0.15) is 0 Å². The molecule has 0 heterocycles. The van der Waals surface area contributed by atoms with E-state index in [9.17, 15) is 0 Å². The predicted octanol–water partition coefficient (Wildman–Crippen LogP) is 4.58. The quantitative estimate of drug-likeness (QED) is 0.471. The Morgan fingerprint density at radius 1 is 1.17 bits per heavy atom. The van der Waals surface area contributed by atoms with E-state index in [1.54, 1.807) is 0 Å². The normalized spacial score (nSPS) is 30.7. The van der Waals surface area contributed by atoms with Gasteiger partial charge in [-0.05, 0) is 36.3 Å². The summed E-state index contributed by atoms with van der Waals surface area (Å²) in [6.07, 6.45) is 15.7. The molecule has 1 fully saturated rings. The van der Waals surface area contributed by atoms with E-state index in [-0.39, 0.29) is 0 Å². The maximum absolute atomic E-state index is 5.80. The van der Waals surface area contributed by atoms with Gasteiger partial charge in [-0.1, -0.05) is 57.4 Å². The first-order chi connectivity index (χ1) is 8.83. The zero-order chi connectivity index (χ0) is 13.0. The van der Waals surface area contributed by atoms with Crippen molar-refractivity contribution < 1.29 is 4.65 Å². The number of allylic oxidation sites excluding steroid dienone is 4. The Hall–Kier alpha value is -0.495. The molecule has 2 aliphatic rings. The molecule has 18 heavy (non-hydrogen) atoms. The number of hydrogen-bond donors (Lipinski definition) is 0. The highest BCUT2D eigenvalue weighted by Crippen LogP contribution is 2.58. The summed E-state index contributed by atoms with van der Waals surface area (Å²) in [5.74, 6) is 3.20. The van der Waals surface area contributed by atoms with Gasteiger partial charge < -0.3 is 4.65 Å². The molecule has 2 aliphatic carbocycles. The van der Waals surface area contributed by atoms with E-state index in [1.807, 2.05) is 7.11 Å². The van der Waals surface area contributed by atoms with Crippen LogP contribution in [0.3, 0.4) is 0 Å². The van der Waals surface area contributed by atoms with Gasteiger partial charge in [0.1, 0.15) is 0 Å². The lowest BCUT2D eigenvalue weighted by atomic mass is 9.49. The molecule has 0 spiro atoms. The zero-order valence-corrected chi connectivity index (χ0v) is 12.1. The number of rotatable bonds is 7. The molecule has 3 unspecified atom stereocenters. The maximum atomic E-state index is 5.80. The van der Waals surface area contributed by atoms with Crippen LogP contribution < -0.4 is 0 Å². The van der Waals surface area contributed by atoms with Crippen LogP contribution in [-0.2, 0) is 4.65 Å². The van der Waals surface area contributed by atoms with E-state index in [0.717, 1.165) is 30.0 Å². The summed E-state index contributed by atoms with van der Waals surface area (Å²) in [4.78, 5) is 0. The van der Waals surface area contributed by atoms with Crippen LogP contribution in [0.15, 0.2) is 24.3 Å². The lowest BCUT2D eigenvalue weighted by molar-refractivity contribution is 0.388. The van der Waals surface area contributed by atoms with Gasteiger partial charge in [0.15, 0.2) is 0 Å². The molecule has 0 radical (unpaired) electrons. The van der Waals surface area contributed by atoms with Crippen molar-refractivity contribution in [2.75, 3.05) is 7.11 Å². The van der Waals surface area contributed by atoms with Crippen molar-refractivity contribution in [1.29, 1.82) is 0 Å². The van der Waals surface area contributed by atoms with Gasteiger partial charge in [0.2, 0.25) is 0 Å². The van der Waals surface area contributed by atoms with Crippen molar-refractivity contribution in [1.82, 2.24) is 0 Å². The third-order valence-corrected chi connectivity index (χ3v) is 4.65. The van der Waals surface area contributed by atoms with Crippen LogP contribution in [0.25, 0.3) is 0 Å². The third-order valence-electron chi connectivity index (χ3n) is 4.65. The van der Waals surface area contributed by atoms with Crippen LogP contribution in [0, 0.1) is 17.8 Å². The van der Waals surface area contributed by atoms with Gasteiger partial charge in [-0.3, -0.25) is 0 Å². The molecule has 1 nitrogen and oxygen atoms in total. The van der Waals surface area contributed by atoms with Crippen molar-refractivity contribution in [3.05, 3.63) is 24.3 Å². The molecule has 2 heteroatoms. The minimum Gasteiger partial charge on any atom is -0.438 e. The Labute approximate surface area is 113 Å². The van der Waals surface area contributed by atoms with Crippen molar-refractivity contribution in [2.45, 2.75) is 51.7 Å². The summed E-state index contributed by atoms with van der Waals surface area (Å²) in [6, 6.07) is 0. The molecule has 0 aromatic carbocycles. The van der Waals surface area contributed by atoms with E-state index >= 15 is 0 Å². The molecule has 0 bridgehead atoms. The Morgan fingerprint density at radius 2 is 1.83 bits per heavy atom. The standard InChI is InChI=1S/C16H27BO/c1-4-9-15(17(18-3)12-5-2)16-13-10-7-6-8-11-14(13)16/h7-8,10-11,13-16H,4-6,9,12H2,1-3H3. The second kappa shape index (κ2) is 6.61. The third kappa shape index (κ3) is 2.91. The number of fused-ring (bicyclic) bond motifs is 1. The van der Waals surface area contributed by atoms with E-state index in [1.165, 1.54) is 25.6 Å². The van der Waals surface area contributed by atoms with Crippen LogP contribution in [0.2, 0.25) is 12.1 Å². The summed E-state index contributed by atoms with van der Waals surface area (Å²) in [6.45, 7) is 5.03. The van der Waals surface area contributed by atoms with E-state index in [4.69, 9.17) is 4.65 Å². The second-order valence-corrected chi connectivity index (χ2v) is 5.84. The van der Waals surface area contributed by atoms with Crippen LogP contribution in [0.5, 0.6) is 0 Å². The Kier molecular flexibility index (Phi) is 5.11. The van der Waals surface area contributed by atoms with Crippen LogP contribution in [0.4, 0.5) is 0 Å². The minimum absolute atomic E-state index is 0.466. The topological polar surface area (TPSA) is 9.23 Å². The lowest BCUT2D eigenvalue weighted by Gasteiger charge is -2.23. The predicted molar refractivity (Wildman–Crippen MR) is 79.9 cm³/mol. The van der Waals surface area contributed by atoms with E-state index < -0.39 is 0 Å². The Bertz CT molecular complexity index is 292. The molecule has 0 amide bonds. The molecule has 1 saturated carbocycles. The summed E-state index contributed by atoms with van der Waals surface area (Å²) in [5.41, 5.74) is 0. The average Bonchev–Trinajstić information content (AvgIpc) is 3.09. The molecule has 0 aromatic heterocycles. The van der Waals surface area contributed by atoms with E-state index in [2.05, 4.69) is 38.2 Å². The second-order valence-electron chi connectivity index (χ2n) is 5.84. The van der Waals surface area contributed by atoms with Crippen LogP contribution in [0.1, 0.15) is 39.5 Å². The molecule has 2 rings (SSSR count). The van der Waals surface area contributed by atoms with Crippen molar-refractivity contribution in [3.63, 3.8) is 0 Å². The monoisotopic (exact) mass is 246 g/mol. The van der Waals surface area contributed by atoms with Crippen LogP contribution in [-0.4, -0.2) is 14.0 Å². The molecular weight excluding hydrogens is 219 g/mol. The molecule has 3 atom stereocenters. The van der Waals surface area contributed by atoms with Crippen molar-refractivity contribution in [3.8, 4) is 0 Å². The summed E-state index contributed by atoms with van der Waals surface area (Å²) in [7, 11) is 1.90. The molecule has 0 aliphatic heterocycles. The van der Waals surface area contributed by atoms with Crippen molar-refractivity contribution >= 4 is 6.92 Å². The fourth-order valence-electron chi connectivity index (χ4n) is 3.77. The zero-order valence-electron chi connectivity index (χ0n) is 12.1. The SMILES string of the molecule is CCCB(OC)C(CCC)C1C2C=CCC=CC21. The first-order valence-corrected chi connectivity index (χ1v) is 7.69. The number of hydrogen-bond acceptors (Lipinski definition) is 1. The average molecular weight is 246 g/mol. The fraction of sp³-hybridized carbons (Fsp3) is 0.750. The van der Waals surface area contributed by atoms with Gasteiger partial charge in [0.05, 0.1) is 0 Å². The van der Waals surface area contributed by atoms with Gasteiger partial charge >= 0.3 is 0 Å². The minimum atomic E-state index is 0.466. The highest BCUT2D eigenvalue weighted by atomic mass is 16.4. The molecular formula is C16H27BO. The largest absolute Gasteiger partial charge is 0.438 e. The van der Waals surface area contributed by atoms with Crippen molar-refractivity contribution in [2.24, 2.45) is 17.8 Å². The molecule has 100 valence electrons. The maximum Gasteiger partial charge on any atom is 0.296 e. The Morgan fingerprint density at radius 3 is 2.33 bits per heavy atom. The van der Waals surface area contributed by atoms with Crippen LogP contribution >= 0.6 is 0 Å². The van der Waals surface area contributed by atoms with E-state index in [0.29, 0.717) is 6.92 Å². The molecule has 0 saturated heterocycles. The highest BCUT2D eigenvalue weighted by molar-refractivity contribution is 6.53. The smallest absolute Gasteiger partial charge is 0.296 e. The first kappa shape index (κ1) is 13.9. The molecule has 0 aromatic rings. The van der Waals surface area contributed by atoms with Gasteiger partial charge in [0, 0.05) is 7.11 Å². The van der Waals surface area contributed by atoms with Gasteiger partial charge in [-0.25, -0.2) is 0 Å². The fourth-order valence-corrected chi connectivity index (χ4v) is 3.77. The summed E-state index contributed by atoms with van der Waals surface area (Å²) in [5, 5.41) is 0. The molecule has 0 N–H and O–H groups in total. The summed E-state index contributed by atoms with van der Waals surface area (Å²) >= 11 is 0.